The topological polar surface area (TPSA) is 115 Å². The van der Waals surface area contributed by atoms with Gasteiger partial charge in [-0.1, -0.05) is 6.08 Å². The van der Waals surface area contributed by atoms with Gasteiger partial charge in [0.05, 0.1) is 29.3 Å². The van der Waals surface area contributed by atoms with Crippen LogP contribution in [0.15, 0.2) is 58.4 Å². The lowest BCUT2D eigenvalue weighted by atomic mass is 10.0. The summed E-state index contributed by atoms with van der Waals surface area (Å²) >= 11 is 0. The van der Waals surface area contributed by atoms with Crippen LogP contribution in [0, 0.1) is 5.82 Å². The number of sulfone groups is 1. The molecule has 0 spiro atoms. The molecule has 30 heavy (non-hydrogen) atoms. The number of aromatic nitrogens is 1. The summed E-state index contributed by atoms with van der Waals surface area (Å²) in [4.78, 5) is 19.9. The summed E-state index contributed by atoms with van der Waals surface area (Å²) in [6, 6.07) is 0.694. The van der Waals surface area contributed by atoms with E-state index < -0.39 is 55.3 Å². The van der Waals surface area contributed by atoms with Crippen molar-refractivity contribution in [2.75, 3.05) is 5.75 Å². The lowest BCUT2D eigenvalue weighted by molar-refractivity contribution is 0.0960. The van der Waals surface area contributed by atoms with E-state index in [2.05, 4.69) is 15.3 Å². The fourth-order valence-electron chi connectivity index (χ4n) is 2.92. The summed E-state index contributed by atoms with van der Waals surface area (Å²) < 4.78 is 66.5. The number of halogens is 3. The first-order valence-electron chi connectivity index (χ1n) is 8.89. The Morgan fingerprint density at radius 3 is 2.53 bits per heavy atom. The highest BCUT2D eigenvalue weighted by Gasteiger charge is 2.45. The minimum absolute atomic E-state index is 0.0701. The molecule has 1 aromatic heterocycles. The van der Waals surface area contributed by atoms with E-state index >= 15 is 4.39 Å². The molecule has 0 radical (unpaired) electrons. The number of rotatable bonds is 3. The SMILES string of the molecule is CC1(C)C(N)=NC(C2=C(F)C(NC(=O)c3ccc(F)cn3)=CCC=C2F)CS1(=O)=O. The third-order valence-electron chi connectivity index (χ3n) is 4.96. The predicted octanol–water partition coefficient (Wildman–Crippen LogP) is 2.25. The average Bonchev–Trinajstić information content (AvgIpc) is 2.78. The molecule has 0 bridgehead atoms. The van der Waals surface area contributed by atoms with Crippen molar-refractivity contribution < 1.29 is 26.4 Å². The van der Waals surface area contributed by atoms with Gasteiger partial charge in [0.2, 0.25) is 0 Å². The van der Waals surface area contributed by atoms with Crippen LogP contribution in [0.5, 0.6) is 0 Å². The molecule has 1 aliphatic carbocycles. The van der Waals surface area contributed by atoms with Gasteiger partial charge < -0.3 is 11.1 Å². The van der Waals surface area contributed by atoms with Crippen LogP contribution in [-0.2, 0) is 9.84 Å². The van der Waals surface area contributed by atoms with E-state index in [1.807, 2.05) is 0 Å². The Morgan fingerprint density at radius 1 is 1.23 bits per heavy atom. The molecule has 1 amide bonds. The lowest BCUT2D eigenvalue weighted by Gasteiger charge is -2.32. The molecule has 0 fully saturated rings. The molecule has 3 N–H and O–H groups in total. The van der Waals surface area contributed by atoms with E-state index in [4.69, 9.17) is 5.73 Å². The highest BCUT2D eigenvalue weighted by atomic mass is 32.2. The van der Waals surface area contributed by atoms with Gasteiger partial charge in [-0.25, -0.2) is 26.6 Å². The van der Waals surface area contributed by atoms with E-state index in [-0.39, 0.29) is 23.6 Å². The fourth-order valence-corrected chi connectivity index (χ4v) is 4.37. The van der Waals surface area contributed by atoms with Gasteiger partial charge in [0, 0.05) is 0 Å². The van der Waals surface area contributed by atoms with E-state index in [0.29, 0.717) is 0 Å². The zero-order valence-corrected chi connectivity index (χ0v) is 16.9. The molecule has 160 valence electrons. The van der Waals surface area contributed by atoms with Crippen molar-refractivity contribution in [2.24, 2.45) is 10.7 Å². The maximum atomic E-state index is 15.2. The van der Waals surface area contributed by atoms with Crippen LogP contribution < -0.4 is 11.1 Å². The number of nitrogens with one attached hydrogen (secondary N) is 1. The number of hydrogen-bond donors (Lipinski definition) is 2. The highest BCUT2D eigenvalue weighted by molar-refractivity contribution is 7.93. The molecule has 0 aromatic carbocycles. The van der Waals surface area contributed by atoms with Crippen LogP contribution in [0.25, 0.3) is 0 Å². The first kappa shape index (κ1) is 21.8. The molecule has 1 aliphatic heterocycles. The van der Waals surface area contributed by atoms with Gasteiger partial charge in [0.1, 0.15) is 27.9 Å². The van der Waals surface area contributed by atoms with E-state index in [1.54, 1.807) is 0 Å². The van der Waals surface area contributed by atoms with Gasteiger partial charge >= 0.3 is 0 Å². The summed E-state index contributed by atoms with van der Waals surface area (Å²) in [5.74, 6) is -4.58. The van der Waals surface area contributed by atoms with Crippen molar-refractivity contribution in [1.29, 1.82) is 0 Å². The minimum atomic E-state index is -3.86. The van der Waals surface area contributed by atoms with Crippen molar-refractivity contribution in [3.63, 3.8) is 0 Å². The Kier molecular flexibility index (Phi) is 5.59. The van der Waals surface area contributed by atoms with Crippen LogP contribution in [0.1, 0.15) is 30.8 Å². The second-order valence-electron chi connectivity index (χ2n) is 7.27. The van der Waals surface area contributed by atoms with E-state index in [0.717, 1.165) is 24.4 Å². The standard InChI is InChI=1S/C19H19F3N4O3S/c1-19(2)18(23)26-14(9-30(19,28)29)15-11(21)4-3-5-12(16(15)22)25-17(27)13-7-6-10(20)8-24-13/h4-8,14H,3,9H2,1-2H3,(H2,23,26)(H,25,27). The molecule has 2 heterocycles. The highest BCUT2D eigenvalue weighted by Crippen LogP contribution is 2.35. The molecule has 0 saturated heterocycles. The van der Waals surface area contributed by atoms with Gasteiger partial charge in [-0.15, -0.1) is 0 Å². The van der Waals surface area contributed by atoms with E-state index in [1.165, 1.54) is 19.9 Å². The van der Waals surface area contributed by atoms with Crippen molar-refractivity contribution in [1.82, 2.24) is 10.3 Å². The maximum Gasteiger partial charge on any atom is 0.274 e. The first-order valence-corrected chi connectivity index (χ1v) is 10.5. The zero-order chi connectivity index (χ0) is 22.3. The number of nitrogens with two attached hydrogens (primary N) is 1. The maximum absolute atomic E-state index is 15.2. The third-order valence-corrected chi connectivity index (χ3v) is 7.48. The smallest absolute Gasteiger partial charge is 0.274 e. The number of aliphatic imine (C=N–C) groups is 1. The van der Waals surface area contributed by atoms with Crippen LogP contribution in [-0.4, -0.2) is 41.7 Å². The minimum Gasteiger partial charge on any atom is -0.386 e. The first-order chi connectivity index (χ1) is 13.9. The molecule has 11 heteroatoms. The summed E-state index contributed by atoms with van der Waals surface area (Å²) in [5.41, 5.74) is 4.60. The fraction of sp³-hybridized carbons (Fsp3) is 0.316. The second kappa shape index (κ2) is 7.71. The number of hydrogen-bond acceptors (Lipinski definition) is 6. The monoisotopic (exact) mass is 440 g/mol. The number of amidine groups is 1. The van der Waals surface area contributed by atoms with Crippen molar-refractivity contribution >= 4 is 21.6 Å². The largest absolute Gasteiger partial charge is 0.386 e. The van der Waals surface area contributed by atoms with E-state index in [9.17, 15) is 22.0 Å². The molecule has 0 saturated carbocycles. The normalized spacial score (nSPS) is 23.1. The summed E-state index contributed by atoms with van der Waals surface area (Å²) in [6.45, 7) is 2.73. The van der Waals surface area contributed by atoms with Crippen molar-refractivity contribution in [3.05, 3.63) is 64.9 Å². The molecule has 3 rings (SSSR count). The van der Waals surface area contributed by atoms with Gasteiger partial charge in [0.25, 0.3) is 5.91 Å². The number of carbonyl (C=O) groups excluding carboxylic acids is 1. The molecule has 7 nitrogen and oxygen atoms in total. The number of carbonyl (C=O) groups is 1. The lowest BCUT2D eigenvalue weighted by Crippen LogP contribution is -2.52. The Labute approximate surface area is 171 Å². The Bertz CT molecular complexity index is 1120. The Balaban J connectivity index is 1.99. The number of allylic oxidation sites excluding steroid dienone is 3. The molecule has 2 aliphatic rings. The van der Waals surface area contributed by atoms with Gasteiger partial charge in [-0.2, -0.15) is 0 Å². The third kappa shape index (κ3) is 3.89. The predicted molar refractivity (Wildman–Crippen MR) is 105 cm³/mol. The number of nitrogens with zero attached hydrogens (tertiary/aromatic N) is 2. The van der Waals surface area contributed by atoms with Crippen LogP contribution in [0.2, 0.25) is 0 Å². The molecule has 1 unspecified atom stereocenters. The summed E-state index contributed by atoms with van der Waals surface area (Å²) in [7, 11) is -3.86. The zero-order valence-electron chi connectivity index (χ0n) is 16.1. The van der Waals surface area contributed by atoms with Crippen LogP contribution in [0.3, 0.4) is 0 Å². The Hall–Kier alpha value is -2.95. The van der Waals surface area contributed by atoms with Gasteiger partial charge in [-0.05, 0) is 38.5 Å². The molecule has 1 atom stereocenters. The average molecular weight is 440 g/mol. The number of amides is 1. The van der Waals surface area contributed by atoms with Gasteiger partial charge in [-0.3, -0.25) is 9.79 Å². The summed E-state index contributed by atoms with van der Waals surface area (Å²) in [5, 5.41) is 2.26. The van der Waals surface area contributed by atoms with Crippen molar-refractivity contribution in [3.8, 4) is 0 Å². The quantitative estimate of drug-likeness (QED) is 0.748. The molecular weight excluding hydrogens is 421 g/mol. The number of pyridine rings is 1. The van der Waals surface area contributed by atoms with Crippen molar-refractivity contribution in [2.45, 2.75) is 31.1 Å². The summed E-state index contributed by atoms with van der Waals surface area (Å²) in [6.07, 6.45) is 3.01. The Morgan fingerprint density at radius 2 is 1.93 bits per heavy atom. The van der Waals surface area contributed by atoms with Crippen LogP contribution in [0.4, 0.5) is 13.2 Å². The second-order valence-corrected chi connectivity index (χ2v) is 9.85. The van der Waals surface area contributed by atoms with Gasteiger partial charge in [0.15, 0.2) is 15.7 Å². The van der Waals surface area contributed by atoms with Crippen LogP contribution >= 0.6 is 0 Å². The molecular formula is C19H19F3N4O3S. The molecule has 1 aromatic rings.